The second-order valence-corrected chi connectivity index (χ2v) is 12.3. The Labute approximate surface area is 243 Å². The zero-order valence-electron chi connectivity index (χ0n) is 24.7. The van der Waals surface area contributed by atoms with E-state index >= 15 is 0 Å². The quantitative estimate of drug-likeness (QED) is 0.324. The number of allylic oxidation sites excluding steroid dienone is 1. The van der Waals surface area contributed by atoms with Crippen LogP contribution >= 0.6 is 0 Å². The third-order valence-electron chi connectivity index (χ3n) is 9.05. The van der Waals surface area contributed by atoms with Crippen LogP contribution in [0.3, 0.4) is 0 Å². The van der Waals surface area contributed by atoms with E-state index in [1.165, 1.54) is 6.08 Å². The Morgan fingerprint density at radius 1 is 1.00 bits per heavy atom. The Bertz CT molecular complexity index is 1170. The van der Waals surface area contributed by atoms with Crippen LogP contribution in [-0.2, 0) is 23.7 Å². The number of hydrogen-bond acceptors (Lipinski definition) is 8. The number of ether oxygens (including phenoxy) is 4. The molecule has 0 spiro atoms. The van der Waals surface area contributed by atoms with Crippen LogP contribution < -0.4 is 0 Å². The number of esters is 1. The van der Waals surface area contributed by atoms with Crippen LogP contribution in [0, 0.1) is 11.8 Å². The Morgan fingerprint density at radius 3 is 2.59 bits per heavy atom. The molecule has 0 aromatic carbocycles. The fraction of sp³-hybridized carbons (Fsp3) is 0.636. The summed E-state index contributed by atoms with van der Waals surface area (Å²) in [5, 5.41) is 10.6. The molecule has 3 saturated heterocycles. The summed E-state index contributed by atoms with van der Waals surface area (Å²) in [7, 11) is 0. The molecule has 0 saturated carbocycles. The molecular weight excluding hydrogens is 522 g/mol. The van der Waals surface area contributed by atoms with Gasteiger partial charge in [0.2, 0.25) is 5.89 Å². The van der Waals surface area contributed by atoms with Crippen LogP contribution in [0.15, 0.2) is 52.7 Å². The average Bonchev–Trinajstić information content (AvgIpc) is 3.40. The van der Waals surface area contributed by atoms with E-state index in [2.05, 4.69) is 38.4 Å². The fourth-order valence-electron chi connectivity index (χ4n) is 6.79. The van der Waals surface area contributed by atoms with Gasteiger partial charge in [0.25, 0.3) is 0 Å². The lowest BCUT2D eigenvalue weighted by atomic mass is 9.79. The monoisotopic (exact) mass is 567 g/mol. The summed E-state index contributed by atoms with van der Waals surface area (Å²) in [6.45, 7) is 12.5. The summed E-state index contributed by atoms with van der Waals surface area (Å²) in [5.74, 6) is 0.130. The number of fused-ring (bicyclic) bond motifs is 9. The summed E-state index contributed by atoms with van der Waals surface area (Å²) in [4.78, 5) is 17.7. The number of carbonyl (C=O) groups is 1. The van der Waals surface area contributed by atoms with Gasteiger partial charge < -0.3 is 28.5 Å². The molecule has 41 heavy (non-hydrogen) atoms. The summed E-state index contributed by atoms with van der Waals surface area (Å²) in [6, 6.07) is 0. The lowest BCUT2D eigenvalue weighted by Gasteiger charge is -2.44. The third kappa shape index (κ3) is 7.28. The minimum atomic E-state index is -0.485. The molecular formula is C33H45NO7. The maximum atomic E-state index is 13.0. The van der Waals surface area contributed by atoms with Gasteiger partial charge in [-0.05, 0) is 57.6 Å². The zero-order valence-corrected chi connectivity index (χ0v) is 24.7. The minimum absolute atomic E-state index is 0.00940. The topological polar surface area (TPSA) is 100 Å². The predicted octanol–water partition coefficient (Wildman–Crippen LogP) is 6.03. The van der Waals surface area contributed by atoms with Crippen molar-refractivity contribution in [1.82, 2.24) is 4.98 Å². The van der Waals surface area contributed by atoms with Crippen molar-refractivity contribution < 1.29 is 33.3 Å². The van der Waals surface area contributed by atoms with Crippen molar-refractivity contribution in [2.24, 2.45) is 11.8 Å². The number of aromatic nitrogens is 1. The molecule has 0 aliphatic carbocycles. The Balaban J connectivity index is 1.41. The predicted molar refractivity (Wildman–Crippen MR) is 155 cm³/mol. The zero-order chi connectivity index (χ0) is 29.1. The standard InChI is InChI=1S/C33H45NO7/c1-6-20(3)32-22(5)33-21(4)28(40-32)10-8-11-30-34-27(18-37-30)29-16-23(35)15-26(39-29)17-25-14-19(2)13-24(38-25)9-7-12-31(36)41-33/h6-8,11-12,18,21-26,28-29,32-33,35H,2,9-10,13-17H2,1,3-5H3/b11-8+,12-7-,20-6?/t21-,22-,23+,24-,25+,26-,28+,29+,32-,33-/m0/s1. The molecule has 0 amide bonds. The Hall–Kier alpha value is -2.52. The average molecular weight is 568 g/mol. The van der Waals surface area contributed by atoms with E-state index < -0.39 is 6.10 Å². The highest BCUT2D eigenvalue weighted by atomic mass is 16.6. The van der Waals surface area contributed by atoms with Crippen molar-refractivity contribution in [1.29, 1.82) is 0 Å². The van der Waals surface area contributed by atoms with Gasteiger partial charge in [-0.3, -0.25) is 0 Å². The van der Waals surface area contributed by atoms with E-state index in [1.807, 2.05) is 25.2 Å². The number of rotatable bonds is 1. The van der Waals surface area contributed by atoms with E-state index in [1.54, 1.807) is 6.26 Å². The van der Waals surface area contributed by atoms with Gasteiger partial charge in [-0.1, -0.05) is 44.2 Å². The van der Waals surface area contributed by atoms with E-state index in [0.29, 0.717) is 43.7 Å². The molecule has 1 aromatic heterocycles. The number of aliphatic hydroxyl groups is 1. The normalized spacial score (nSPS) is 40.7. The number of carbonyl (C=O) groups excluding carboxylic acids is 1. The highest BCUT2D eigenvalue weighted by molar-refractivity contribution is 5.82. The van der Waals surface area contributed by atoms with Crippen molar-refractivity contribution in [3.05, 3.63) is 59.9 Å². The molecule has 8 bridgehead atoms. The van der Waals surface area contributed by atoms with Gasteiger partial charge in [-0.15, -0.1) is 0 Å². The van der Waals surface area contributed by atoms with Crippen molar-refractivity contribution >= 4 is 12.0 Å². The van der Waals surface area contributed by atoms with Gasteiger partial charge in [-0.25, -0.2) is 9.78 Å². The van der Waals surface area contributed by atoms with Crippen molar-refractivity contribution in [2.75, 3.05) is 0 Å². The Morgan fingerprint density at radius 2 is 1.78 bits per heavy atom. The van der Waals surface area contributed by atoms with Crippen molar-refractivity contribution in [3.8, 4) is 0 Å². The lowest BCUT2D eigenvalue weighted by molar-refractivity contribution is -0.180. The van der Waals surface area contributed by atoms with Crippen LogP contribution in [0.5, 0.6) is 0 Å². The van der Waals surface area contributed by atoms with Crippen LogP contribution in [0.25, 0.3) is 6.08 Å². The van der Waals surface area contributed by atoms with E-state index in [9.17, 15) is 9.90 Å². The Kier molecular flexibility index (Phi) is 9.64. The number of oxazole rings is 1. The minimum Gasteiger partial charge on any atom is -0.458 e. The van der Waals surface area contributed by atoms with Gasteiger partial charge in [0.15, 0.2) is 0 Å². The summed E-state index contributed by atoms with van der Waals surface area (Å²) in [5.41, 5.74) is 2.93. The van der Waals surface area contributed by atoms with Gasteiger partial charge in [0, 0.05) is 30.8 Å². The third-order valence-corrected chi connectivity index (χ3v) is 9.05. The first kappa shape index (κ1) is 30.0. The van der Waals surface area contributed by atoms with Crippen molar-refractivity contribution in [2.45, 2.75) is 121 Å². The number of nitrogens with zero attached hydrogens (tertiary/aromatic N) is 1. The number of hydrogen-bond donors (Lipinski definition) is 1. The SMILES string of the molecule is C=C1C[C@@H]2C[C@@H]3C[C@@H](O)C[C@@H](O3)c3coc(n3)/C=C/C[C@H]3O[C@@H](C(C)=CC)[C@H](C)[C@@H](OC(=O)/C=C\C[C@@H](C1)O2)[C@H]3C. The fourth-order valence-corrected chi connectivity index (χ4v) is 6.79. The lowest BCUT2D eigenvalue weighted by Crippen LogP contribution is -2.50. The second kappa shape index (κ2) is 13.2. The highest BCUT2D eigenvalue weighted by Crippen LogP contribution is 2.38. The highest BCUT2D eigenvalue weighted by Gasteiger charge is 2.43. The second-order valence-electron chi connectivity index (χ2n) is 12.3. The van der Waals surface area contributed by atoms with E-state index in [0.717, 1.165) is 24.0 Å². The molecule has 8 nitrogen and oxygen atoms in total. The van der Waals surface area contributed by atoms with Crippen LogP contribution in [0.2, 0.25) is 0 Å². The summed E-state index contributed by atoms with van der Waals surface area (Å²) in [6.07, 6.45) is 13.6. The first-order valence-electron chi connectivity index (χ1n) is 15.1. The molecule has 1 aromatic rings. The molecule has 1 N–H and O–H groups in total. The summed E-state index contributed by atoms with van der Waals surface area (Å²) < 4.78 is 31.2. The van der Waals surface area contributed by atoms with Gasteiger partial charge in [0.1, 0.15) is 24.2 Å². The van der Waals surface area contributed by atoms with Gasteiger partial charge in [-0.2, -0.15) is 0 Å². The first-order chi connectivity index (χ1) is 19.7. The molecule has 5 rings (SSSR count). The first-order valence-corrected chi connectivity index (χ1v) is 15.1. The molecule has 5 heterocycles. The van der Waals surface area contributed by atoms with Gasteiger partial charge in [0.05, 0.1) is 36.6 Å². The summed E-state index contributed by atoms with van der Waals surface area (Å²) >= 11 is 0. The molecule has 8 heteroatoms. The van der Waals surface area contributed by atoms with Crippen LogP contribution in [0.1, 0.15) is 90.3 Å². The van der Waals surface area contributed by atoms with E-state index in [-0.39, 0.29) is 60.5 Å². The molecule has 4 aliphatic rings. The smallest absolute Gasteiger partial charge is 0.330 e. The molecule has 0 unspecified atom stereocenters. The van der Waals surface area contributed by atoms with Gasteiger partial charge >= 0.3 is 5.97 Å². The molecule has 0 radical (unpaired) electrons. The van der Waals surface area contributed by atoms with Crippen molar-refractivity contribution in [3.63, 3.8) is 0 Å². The largest absolute Gasteiger partial charge is 0.458 e. The van der Waals surface area contributed by atoms with Crippen LogP contribution in [-0.4, -0.2) is 58.8 Å². The molecule has 224 valence electrons. The maximum absolute atomic E-state index is 13.0. The molecule has 3 fully saturated rings. The van der Waals surface area contributed by atoms with Crippen LogP contribution in [0.4, 0.5) is 0 Å². The molecule has 4 aliphatic heterocycles. The van der Waals surface area contributed by atoms with E-state index in [4.69, 9.17) is 23.4 Å². The maximum Gasteiger partial charge on any atom is 0.330 e. The molecule has 10 atom stereocenters. The number of aliphatic hydroxyl groups excluding tert-OH is 1.